The lowest BCUT2D eigenvalue weighted by Gasteiger charge is -2.19. The fourth-order valence-electron chi connectivity index (χ4n) is 1.81. The molecule has 0 bridgehead atoms. The van der Waals surface area contributed by atoms with E-state index in [9.17, 15) is 8.42 Å². The van der Waals surface area contributed by atoms with Crippen molar-refractivity contribution >= 4 is 21.4 Å². The third-order valence-corrected chi connectivity index (χ3v) is 4.29. The Kier molecular flexibility index (Phi) is 3.98. The zero-order valence-electron chi connectivity index (χ0n) is 8.37. The van der Waals surface area contributed by atoms with Crippen molar-refractivity contribution in [2.24, 2.45) is 5.92 Å². The van der Waals surface area contributed by atoms with Crippen molar-refractivity contribution in [3.05, 3.63) is 11.6 Å². The van der Waals surface area contributed by atoms with Crippen molar-refractivity contribution in [3.63, 3.8) is 0 Å². The Labute approximate surface area is 90.7 Å². The monoisotopic (exact) mass is 237 g/mol. The largest absolute Gasteiger partial charge is 0.301 e. The van der Waals surface area contributed by atoms with Crippen LogP contribution >= 0.6 is 11.6 Å². The van der Waals surface area contributed by atoms with Crippen LogP contribution in [0.3, 0.4) is 0 Å². The number of hydrogen-bond donors (Lipinski definition) is 0. The Hall–Kier alpha value is -0.0600. The van der Waals surface area contributed by atoms with Gasteiger partial charge in [0, 0.05) is 18.1 Å². The van der Waals surface area contributed by atoms with E-state index in [-0.39, 0.29) is 5.92 Å². The fourth-order valence-corrected chi connectivity index (χ4v) is 3.87. The van der Waals surface area contributed by atoms with Crippen molar-refractivity contribution in [1.29, 1.82) is 0 Å². The van der Waals surface area contributed by atoms with Gasteiger partial charge in [0.25, 0.3) is 0 Å². The van der Waals surface area contributed by atoms with Crippen LogP contribution in [0.4, 0.5) is 0 Å². The van der Waals surface area contributed by atoms with Crippen molar-refractivity contribution < 1.29 is 8.42 Å². The molecule has 0 aromatic carbocycles. The van der Waals surface area contributed by atoms with E-state index in [1.54, 1.807) is 0 Å². The van der Waals surface area contributed by atoms with E-state index in [0.717, 1.165) is 13.0 Å². The van der Waals surface area contributed by atoms with Crippen LogP contribution in [0.1, 0.15) is 6.42 Å². The molecule has 1 aliphatic rings. The highest BCUT2D eigenvalue weighted by Gasteiger charge is 2.28. The van der Waals surface area contributed by atoms with E-state index in [0.29, 0.717) is 23.1 Å². The summed E-state index contributed by atoms with van der Waals surface area (Å²) in [7, 11) is -0.823. The summed E-state index contributed by atoms with van der Waals surface area (Å²) in [5.41, 5.74) is 0. The Morgan fingerprint density at radius 3 is 2.71 bits per heavy atom. The average molecular weight is 238 g/mol. The highest BCUT2D eigenvalue weighted by molar-refractivity contribution is 7.91. The molecule has 0 aromatic heterocycles. The summed E-state index contributed by atoms with van der Waals surface area (Å²) in [5.74, 6) is 0.931. The van der Waals surface area contributed by atoms with Crippen molar-refractivity contribution in [2.75, 3.05) is 31.6 Å². The minimum atomic E-state index is -2.75. The maximum atomic E-state index is 11.2. The topological polar surface area (TPSA) is 37.4 Å². The fraction of sp³-hybridized carbons (Fsp3) is 0.778. The quantitative estimate of drug-likeness (QED) is 0.735. The molecule has 1 fully saturated rings. The molecule has 0 radical (unpaired) electrons. The number of nitrogens with zero attached hydrogens (tertiary/aromatic N) is 1. The first kappa shape index (κ1) is 12.0. The van der Waals surface area contributed by atoms with Gasteiger partial charge >= 0.3 is 0 Å². The molecule has 0 amide bonds. The van der Waals surface area contributed by atoms with E-state index in [2.05, 4.69) is 6.58 Å². The molecular weight excluding hydrogens is 222 g/mol. The first-order valence-electron chi connectivity index (χ1n) is 4.61. The maximum Gasteiger partial charge on any atom is 0.150 e. The molecule has 3 nitrogen and oxygen atoms in total. The Morgan fingerprint density at radius 2 is 2.29 bits per heavy atom. The zero-order valence-corrected chi connectivity index (χ0v) is 9.94. The third-order valence-electron chi connectivity index (χ3n) is 2.34. The van der Waals surface area contributed by atoms with Gasteiger partial charge in [-0.25, -0.2) is 8.42 Å². The second-order valence-electron chi connectivity index (χ2n) is 3.98. The number of sulfone groups is 1. The molecule has 1 aliphatic heterocycles. The molecule has 0 unspecified atom stereocenters. The summed E-state index contributed by atoms with van der Waals surface area (Å²) in [6, 6.07) is 0. The second kappa shape index (κ2) is 4.64. The molecule has 1 heterocycles. The van der Waals surface area contributed by atoms with Gasteiger partial charge in [-0.05, 0) is 19.4 Å². The molecule has 1 saturated heterocycles. The summed E-state index contributed by atoms with van der Waals surface area (Å²) in [5, 5.41) is 0.591. The van der Waals surface area contributed by atoms with Crippen LogP contribution in [0.2, 0.25) is 0 Å². The third kappa shape index (κ3) is 3.98. The van der Waals surface area contributed by atoms with Crippen molar-refractivity contribution in [2.45, 2.75) is 6.42 Å². The molecular formula is C9H16ClNO2S. The minimum absolute atomic E-state index is 0.265. The lowest BCUT2D eigenvalue weighted by atomic mass is 10.1. The van der Waals surface area contributed by atoms with Gasteiger partial charge in [0.15, 0.2) is 9.84 Å². The molecule has 5 heteroatoms. The van der Waals surface area contributed by atoms with Gasteiger partial charge in [0.05, 0.1) is 11.5 Å². The maximum absolute atomic E-state index is 11.2. The predicted molar refractivity (Wildman–Crippen MR) is 59.3 cm³/mol. The summed E-state index contributed by atoms with van der Waals surface area (Å²) in [4.78, 5) is 2.01. The van der Waals surface area contributed by atoms with Gasteiger partial charge in [-0.3, -0.25) is 0 Å². The second-order valence-corrected chi connectivity index (χ2v) is 6.75. The van der Waals surface area contributed by atoms with Crippen LogP contribution in [0.5, 0.6) is 0 Å². The van der Waals surface area contributed by atoms with Crippen molar-refractivity contribution in [1.82, 2.24) is 4.90 Å². The van der Waals surface area contributed by atoms with Gasteiger partial charge in [0.1, 0.15) is 0 Å². The van der Waals surface area contributed by atoms with E-state index in [4.69, 9.17) is 11.6 Å². The van der Waals surface area contributed by atoms with Crippen LogP contribution in [0.25, 0.3) is 0 Å². The molecule has 14 heavy (non-hydrogen) atoms. The normalized spacial score (nSPS) is 25.5. The van der Waals surface area contributed by atoms with Crippen molar-refractivity contribution in [3.8, 4) is 0 Å². The van der Waals surface area contributed by atoms with Crippen LogP contribution in [-0.2, 0) is 9.84 Å². The summed E-state index contributed by atoms with van der Waals surface area (Å²) >= 11 is 5.66. The van der Waals surface area contributed by atoms with E-state index < -0.39 is 9.84 Å². The molecule has 1 atom stereocenters. The SMILES string of the molecule is C=C(Cl)CN(C)C[C@H]1CCS(=O)(=O)C1. The average Bonchev–Trinajstić information content (AvgIpc) is 2.27. The summed E-state index contributed by atoms with van der Waals surface area (Å²) in [6.45, 7) is 5.01. The Morgan fingerprint density at radius 1 is 1.64 bits per heavy atom. The highest BCUT2D eigenvalue weighted by atomic mass is 35.5. The van der Waals surface area contributed by atoms with Gasteiger partial charge in [-0.2, -0.15) is 0 Å². The van der Waals surface area contributed by atoms with Crippen LogP contribution in [0, 0.1) is 5.92 Å². The number of hydrogen-bond acceptors (Lipinski definition) is 3. The molecule has 0 saturated carbocycles. The standard InChI is InChI=1S/C9H16ClNO2S/c1-8(10)5-11(2)6-9-3-4-14(12,13)7-9/h9H,1,3-7H2,2H3/t9-/m1/s1. The number of likely N-dealkylation sites (N-methyl/N-ethyl adjacent to an activating group) is 1. The lowest BCUT2D eigenvalue weighted by molar-refractivity contribution is 0.313. The predicted octanol–water partition coefficient (Wildman–Crippen LogP) is 1.11. The van der Waals surface area contributed by atoms with Crippen LogP contribution in [-0.4, -0.2) is 45.0 Å². The van der Waals surface area contributed by atoms with E-state index in [1.807, 2.05) is 11.9 Å². The Balaban J connectivity index is 2.36. The molecule has 82 valence electrons. The summed E-state index contributed by atoms with van der Waals surface area (Å²) in [6.07, 6.45) is 0.779. The molecule has 0 aromatic rings. The van der Waals surface area contributed by atoms with Crippen LogP contribution < -0.4 is 0 Å². The Bertz CT molecular complexity index is 313. The number of rotatable bonds is 4. The minimum Gasteiger partial charge on any atom is -0.301 e. The summed E-state index contributed by atoms with van der Waals surface area (Å²) < 4.78 is 22.4. The molecule has 0 spiro atoms. The first-order valence-corrected chi connectivity index (χ1v) is 6.81. The van der Waals surface area contributed by atoms with E-state index >= 15 is 0 Å². The van der Waals surface area contributed by atoms with Gasteiger partial charge in [-0.1, -0.05) is 18.2 Å². The number of halogens is 1. The molecule has 0 aliphatic carbocycles. The van der Waals surface area contributed by atoms with Gasteiger partial charge < -0.3 is 4.90 Å². The zero-order chi connectivity index (χ0) is 10.8. The van der Waals surface area contributed by atoms with Crippen LogP contribution in [0.15, 0.2) is 11.6 Å². The van der Waals surface area contributed by atoms with Gasteiger partial charge in [0.2, 0.25) is 0 Å². The van der Waals surface area contributed by atoms with E-state index in [1.165, 1.54) is 0 Å². The lowest BCUT2D eigenvalue weighted by Crippen LogP contribution is -2.27. The molecule has 0 N–H and O–H groups in total. The highest BCUT2D eigenvalue weighted by Crippen LogP contribution is 2.19. The first-order chi connectivity index (χ1) is 6.39. The molecule has 1 rings (SSSR count). The van der Waals surface area contributed by atoms with Gasteiger partial charge in [-0.15, -0.1) is 0 Å². The smallest absolute Gasteiger partial charge is 0.150 e.